The minimum Gasteiger partial charge on any atom is -0.367 e. The molecule has 1 aromatic carbocycles. The van der Waals surface area contributed by atoms with Gasteiger partial charge in [-0.1, -0.05) is 53.1 Å². The molecular weight excluding hydrogens is 292 g/mol. The van der Waals surface area contributed by atoms with Crippen LogP contribution in [0.3, 0.4) is 0 Å². The third kappa shape index (κ3) is 1.75. The number of hydrogen-bond acceptors (Lipinski definition) is 3. The zero-order valence-electron chi connectivity index (χ0n) is 10.4. The highest BCUT2D eigenvalue weighted by atomic mass is 79.9. The predicted octanol–water partition coefficient (Wildman–Crippen LogP) is 4.20. The summed E-state index contributed by atoms with van der Waals surface area (Å²) in [5.74, 6) is 0.847. The number of aromatic nitrogens is 1. The van der Waals surface area contributed by atoms with E-state index in [-0.39, 0.29) is 0 Å². The Kier molecular flexibility index (Phi) is 2.52. The number of anilines is 1. The molecule has 1 aromatic heterocycles. The second kappa shape index (κ2) is 3.85. The van der Waals surface area contributed by atoms with Crippen LogP contribution in [0, 0.1) is 5.41 Å². The van der Waals surface area contributed by atoms with E-state index in [4.69, 9.17) is 10.3 Å². The fourth-order valence-corrected chi connectivity index (χ4v) is 2.91. The van der Waals surface area contributed by atoms with E-state index < -0.39 is 0 Å². The summed E-state index contributed by atoms with van der Waals surface area (Å²) in [4.78, 5) is 0. The summed E-state index contributed by atoms with van der Waals surface area (Å²) in [6, 6.07) is 8.02. The molecule has 2 N–H and O–H groups in total. The van der Waals surface area contributed by atoms with Crippen LogP contribution in [-0.4, -0.2) is 5.16 Å². The van der Waals surface area contributed by atoms with Crippen LogP contribution in [0.2, 0.25) is 0 Å². The average Bonchev–Trinajstić information content (AvgIpc) is 2.78. The maximum Gasteiger partial charge on any atom is 0.230 e. The highest BCUT2D eigenvalue weighted by molar-refractivity contribution is 9.10. The molecule has 1 unspecified atom stereocenters. The van der Waals surface area contributed by atoms with Crippen LogP contribution in [-0.2, 0) is 0 Å². The van der Waals surface area contributed by atoms with E-state index in [9.17, 15) is 0 Å². The molecule has 1 saturated carbocycles. The number of halogens is 1. The topological polar surface area (TPSA) is 52.0 Å². The number of nitrogens with zero attached hydrogens (tertiary/aromatic N) is 1. The highest BCUT2D eigenvalue weighted by Crippen LogP contribution is 2.60. The number of nitrogen functional groups attached to an aromatic ring is 1. The molecule has 1 atom stereocenters. The predicted molar refractivity (Wildman–Crippen MR) is 75.2 cm³/mol. The van der Waals surface area contributed by atoms with Crippen LogP contribution in [0.5, 0.6) is 0 Å². The third-order valence-electron chi connectivity index (χ3n) is 3.73. The van der Waals surface area contributed by atoms with E-state index in [0.29, 0.717) is 17.2 Å². The third-order valence-corrected chi connectivity index (χ3v) is 4.42. The van der Waals surface area contributed by atoms with Gasteiger partial charge in [-0.25, -0.2) is 0 Å². The summed E-state index contributed by atoms with van der Waals surface area (Å²) in [6.45, 7) is 4.48. The van der Waals surface area contributed by atoms with Crippen molar-refractivity contribution in [2.24, 2.45) is 5.41 Å². The quantitative estimate of drug-likeness (QED) is 0.904. The van der Waals surface area contributed by atoms with Gasteiger partial charge in [0.1, 0.15) is 0 Å². The molecule has 3 rings (SSSR count). The lowest BCUT2D eigenvalue weighted by Gasteiger charge is -2.06. The van der Waals surface area contributed by atoms with Gasteiger partial charge in [0.25, 0.3) is 0 Å². The van der Waals surface area contributed by atoms with E-state index in [1.165, 1.54) is 0 Å². The van der Waals surface area contributed by atoms with Gasteiger partial charge >= 0.3 is 0 Å². The summed E-state index contributed by atoms with van der Waals surface area (Å²) in [7, 11) is 0. The lowest BCUT2D eigenvalue weighted by molar-refractivity contribution is 0.424. The molecule has 18 heavy (non-hydrogen) atoms. The molecule has 0 aliphatic heterocycles. The van der Waals surface area contributed by atoms with E-state index >= 15 is 0 Å². The van der Waals surface area contributed by atoms with E-state index in [2.05, 4.69) is 34.9 Å². The summed E-state index contributed by atoms with van der Waals surface area (Å²) < 4.78 is 6.22. The monoisotopic (exact) mass is 306 g/mol. The first kappa shape index (κ1) is 11.8. The average molecular weight is 307 g/mol. The van der Waals surface area contributed by atoms with Gasteiger partial charge in [0.15, 0.2) is 0 Å². The molecule has 3 nitrogen and oxygen atoms in total. The molecule has 94 valence electrons. The summed E-state index contributed by atoms with van der Waals surface area (Å²) in [5.41, 5.74) is 9.23. The molecule has 0 radical (unpaired) electrons. The Morgan fingerprint density at radius 2 is 2.06 bits per heavy atom. The zero-order chi connectivity index (χ0) is 12.9. The van der Waals surface area contributed by atoms with Crippen LogP contribution >= 0.6 is 15.9 Å². The van der Waals surface area contributed by atoms with Gasteiger partial charge in [-0.2, -0.15) is 0 Å². The molecule has 2 aromatic rings. The van der Waals surface area contributed by atoms with Crippen molar-refractivity contribution in [1.82, 2.24) is 5.16 Å². The number of rotatable bonds is 2. The van der Waals surface area contributed by atoms with Gasteiger partial charge < -0.3 is 10.3 Å². The first-order valence-electron chi connectivity index (χ1n) is 6.00. The molecule has 1 fully saturated rings. The largest absolute Gasteiger partial charge is 0.367 e. The SMILES string of the molecule is CC1(C)CC1c1noc(N)c1-c1ccccc1Br. The van der Waals surface area contributed by atoms with Crippen molar-refractivity contribution in [2.75, 3.05) is 5.73 Å². The zero-order valence-corrected chi connectivity index (χ0v) is 12.0. The summed E-state index contributed by atoms with van der Waals surface area (Å²) in [5, 5.41) is 4.17. The highest BCUT2D eigenvalue weighted by Gasteiger charge is 2.50. The molecule has 1 aliphatic rings. The molecule has 1 heterocycles. The lowest BCUT2D eigenvalue weighted by atomic mass is 10.00. The van der Waals surface area contributed by atoms with Crippen molar-refractivity contribution >= 4 is 21.8 Å². The second-order valence-electron chi connectivity index (χ2n) is 5.53. The lowest BCUT2D eigenvalue weighted by Crippen LogP contribution is -1.94. The van der Waals surface area contributed by atoms with E-state index in [1.54, 1.807) is 0 Å². The van der Waals surface area contributed by atoms with Crippen molar-refractivity contribution in [2.45, 2.75) is 26.2 Å². The molecule has 0 spiro atoms. The first-order valence-corrected chi connectivity index (χ1v) is 6.80. The van der Waals surface area contributed by atoms with Crippen LogP contribution < -0.4 is 5.73 Å². The van der Waals surface area contributed by atoms with Crippen molar-refractivity contribution in [3.63, 3.8) is 0 Å². The molecule has 0 bridgehead atoms. The Hall–Kier alpha value is -1.29. The summed E-state index contributed by atoms with van der Waals surface area (Å²) in [6.07, 6.45) is 1.14. The Morgan fingerprint density at radius 3 is 2.67 bits per heavy atom. The Morgan fingerprint density at radius 1 is 1.39 bits per heavy atom. The van der Waals surface area contributed by atoms with Gasteiger partial charge in [0.05, 0.1) is 11.3 Å². The maximum absolute atomic E-state index is 5.95. The summed E-state index contributed by atoms with van der Waals surface area (Å²) >= 11 is 3.56. The van der Waals surface area contributed by atoms with Crippen molar-refractivity contribution in [1.29, 1.82) is 0 Å². The minimum absolute atomic E-state index is 0.305. The first-order chi connectivity index (χ1) is 8.50. The fourth-order valence-electron chi connectivity index (χ4n) is 2.42. The Bertz CT molecular complexity index is 604. The number of benzene rings is 1. The molecule has 4 heteroatoms. The van der Waals surface area contributed by atoms with Crippen LogP contribution in [0.1, 0.15) is 31.9 Å². The normalized spacial score (nSPS) is 20.9. The number of hydrogen-bond donors (Lipinski definition) is 1. The Balaban J connectivity index is 2.13. The van der Waals surface area contributed by atoms with Crippen molar-refractivity contribution in [3.05, 3.63) is 34.4 Å². The van der Waals surface area contributed by atoms with Gasteiger partial charge in [-0.3, -0.25) is 0 Å². The van der Waals surface area contributed by atoms with Gasteiger partial charge in [0, 0.05) is 16.0 Å². The standard InChI is InChI=1S/C14H15BrN2O/c1-14(2)7-9(14)12-11(13(16)18-17-12)8-5-3-4-6-10(8)15/h3-6,9H,7,16H2,1-2H3. The van der Waals surface area contributed by atoms with E-state index in [1.807, 2.05) is 24.3 Å². The fraction of sp³-hybridized carbons (Fsp3) is 0.357. The van der Waals surface area contributed by atoms with Gasteiger partial charge in [-0.15, -0.1) is 0 Å². The van der Waals surface area contributed by atoms with Crippen molar-refractivity contribution < 1.29 is 4.52 Å². The second-order valence-corrected chi connectivity index (χ2v) is 6.39. The molecule has 0 amide bonds. The molecule has 0 saturated heterocycles. The van der Waals surface area contributed by atoms with Crippen LogP contribution in [0.15, 0.2) is 33.3 Å². The smallest absolute Gasteiger partial charge is 0.230 e. The van der Waals surface area contributed by atoms with E-state index in [0.717, 1.165) is 27.7 Å². The molecule has 1 aliphatic carbocycles. The van der Waals surface area contributed by atoms with Gasteiger partial charge in [-0.05, 0) is 17.9 Å². The molecular formula is C14H15BrN2O. The minimum atomic E-state index is 0.305. The van der Waals surface area contributed by atoms with Crippen LogP contribution in [0.25, 0.3) is 11.1 Å². The van der Waals surface area contributed by atoms with Gasteiger partial charge in [0.2, 0.25) is 5.88 Å². The maximum atomic E-state index is 5.95. The Labute approximate surface area is 114 Å². The van der Waals surface area contributed by atoms with Crippen LogP contribution in [0.4, 0.5) is 5.88 Å². The number of nitrogens with two attached hydrogens (primary N) is 1. The van der Waals surface area contributed by atoms with Crippen molar-refractivity contribution in [3.8, 4) is 11.1 Å².